The van der Waals surface area contributed by atoms with Crippen molar-refractivity contribution in [1.29, 1.82) is 0 Å². The average molecular weight is 339 g/mol. The summed E-state index contributed by atoms with van der Waals surface area (Å²) in [5, 5.41) is 3.29. The normalized spacial score (nSPS) is 11.6. The van der Waals surface area contributed by atoms with Crippen molar-refractivity contribution in [3.8, 4) is 11.5 Å². The third kappa shape index (κ3) is 3.85. The molecule has 1 aromatic heterocycles. The summed E-state index contributed by atoms with van der Waals surface area (Å²) in [6.45, 7) is 0. The van der Waals surface area contributed by atoms with Crippen LogP contribution in [0.3, 0.4) is 0 Å². The van der Waals surface area contributed by atoms with E-state index in [1.54, 1.807) is 38.9 Å². The highest BCUT2D eigenvalue weighted by Gasteiger charge is 2.20. The number of nitrogens with one attached hydrogen (secondary N) is 1. The van der Waals surface area contributed by atoms with Gasteiger partial charge in [0.25, 0.3) is 0 Å². The van der Waals surface area contributed by atoms with E-state index >= 15 is 0 Å². The van der Waals surface area contributed by atoms with Gasteiger partial charge in [-0.05, 0) is 35.9 Å². The first-order valence-corrected chi connectivity index (χ1v) is 7.71. The van der Waals surface area contributed by atoms with Crippen molar-refractivity contribution >= 4 is 5.82 Å². The minimum absolute atomic E-state index is 0.343. The molecular formula is C19H18FN3O2. The molecule has 0 bridgehead atoms. The Hall–Kier alpha value is -3.15. The summed E-state index contributed by atoms with van der Waals surface area (Å²) < 4.78 is 24.6. The number of nitrogens with zero attached hydrogens (tertiary/aromatic N) is 2. The fraction of sp³-hybridized carbons (Fsp3) is 0.158. The number of aromatic nitrogens is 2. The van der Waals surface area contributed by atoms with Gasteiger partial charge in [-0.25, -0.2) is 9.37 Å². The van der Waals surface area contributed by atoms with Crippen molar-refractivity contribution in [3.05, 3.63) is 78.0 Å². The van der Waals surface area contributed by atoms with Gasteiger partial charge in [0.05, 0.1) is 26.5 Å². The van der Waals surface area contributed by atoms with Gasteiger partial charge < -0.3 is 14.8 Å². The number of hydrogen-bond donors (Lipinski definition) is 1. The molecule has 1 heterocycles. The van der Waals surface area contributed by atoms with Crippen LogP contribution in [0.5, 0.6) is 11.5 Å². The largest absolute Gasteiger partial charge is 0.497 e. The SMILES string of the molecule is COc1cccc(C(Nc2cnccn2)c2cc(F)ccc2OC)c1. The Balaban J connectivity index is 2.10. The molecule has 5 nitrogen and oxygen atoms in total. The molecule has 0 radical (unpaired) electrons. The Kier molecular flexibility index (Phi) is 5.09. The third-order valence-electron chi connectivity index (χ3n) is 3.79. The fourth-order valence-electron chi connectivity index (χ4n) is 2.61. The summed E-state index contributed by atoms with van der Waals surface area (Å²) in [6.07, 6.45) is 4.79. The number of halogens is 1. The highest BCUT2D eigenvalue weighted by Crippen LogP contribution is 2.34. The Labute approximate surface area is 145 Å². The summed E-state index contributed by atoms with van der Waals surface area (Å²) in [4.78, 5) is 8.31. The van der Waals surface area contributed by atoms with Crippen molar-refractivity contribution in [2.24, 2.45) is 0 Å². The highest BCUT2D eigenvalue weighted by atomic mass is 19.1. The predicted octanol–water partition coefficient (Wildman–Crippen LogP) is 3.83. The van der Waals surface area contributed by atoms with Crippen LogP contribution in [0.25, 0.3) is 0 Å². The maximum atomic E-state index is 13.9. The maximum Gasteiger partial charge on any atom is 0.145 e. The summed E-state index contributed by atoms with van der Waals surface area (Å²) in [5.74, 6) is 1.51. The Morgan fingerprint density at radius 2 is 1.92 bits per heavy atom. The van der Waals surface area contributed by atoms with Crippen LogP contribution < -0.4 is 14.8 Å². The predicted molar refractivity (Wildman–Crippen MR) is 93.4 cm³/mol. The van der Waals surface area contributed by atoms with Gasteiger partial charge in [-0.2, -0.15) is 0 Å². The molecule has 25 heavy (non-hydrogen) atoms. The summed E-state index contributed by atoms with van der Waals surface area (Å²) in [5.41, 5.74) is 1.54. The van der Waals surface area contributed by atoms with Gasteiger partial charge >= 0.3 is 0 Å². The molecule has 3 rings (SSSR count). The molecule has 0 fully saturated rings. The minimum atomic E-state index is -0.391. The lowest BCUT2D eigenvalue weighted by atomic mass is 9.97. The minimum Gasteiger partial charge on any atom is -0.497 e. The van der Waals surface area contributed by atoms with Crippen LogP contribution in [-0.2, 0) is 0 Å². The monoisotopic (exact) mass is 339 g/mol. The van der Waals surface area contributed by atoms with Gasteiger partial charge in [0.15, 0.2) is 0 Å². The molecular weight excluding hydrogens is 321 g/mol. The van der Waals surface area contributed by atoms with E-state index in [0.29, 0.717) is 22.9 Å². The number of anilines is 1. The second-order valence-electron chi connectivity index (χ2n) is 5.33. The maximum absolute atomic E-state index is 13.9. The second-order valence-corrected chi connectivity index (χ2v) is 5.33. The fourth-order valence-corrected chi connectivity index (χ4v) is 2.61. The van der Waals surface area contributed by atoms with E-state index in [1.807, 2.05) is 24.3 Å². The van der Waals surface area contributed by atoms with Gasteiger partial charge in [-0.3, -0.25) is 4.98 Å². The first-order chi connectivity index (χ1) is 12.2. The van der Waals surface area contributed by atoms with Crippen LogP contribution >= 0.6 is 0 Å². The van der Waals surface area contributed by atoms with Crippen molar-refractivity contribution in [3.63, 3.8) is 0 Å². The van der Waals surface area contributed by atoms with Crippen molar-refractivity contribution in [2.45, 2.75) is 6.04 Å². The molecule has 0 aliphatic carbocycles. The first-order valence-electron chi connectivity index (χ1n) is 7.71. The molecule has 1 unspecified atom stereocenters. The zero-order chi connectivity index (χ0) is 17.6. The van der Waals surface area contributed by atoms with Crippen molar-refractivity contribution in [2.75, 3.05) is 19.5 Å². The number of methoxy groups -OCH3 is 2. The molecule has 0 aliphatic heterocycles. The standard InChI is InChI=1S/C19H18FN3O2/c1-24-15-5-3-4-13(10-15)19(23-18-12-21-8-9-22-18)16-11-14(20)6-7-17(16)25-2/h3-12,19H,1-2H3,(H,22,23). The number of rotatable bonds is 6. The molecule has 0 saturated heterocycles. The Bertz CT molecular complexity index is 843. The van der Waals surface area contributed by atoms with Crippen LogP contribution in [-0.4, -0.2) is 24.2 Å². The molecule has 0 saturated carbocycles. The van der Waals surface area contributed by atoms with Gasteiger partial charge in [0.1, 0.15) is 23.1 Å². The molecule has 0 spiro atoms. The zero-order valence-corrected chi connectivity index (χ0v) is 13.9. The van der Waals surface area contributed by atoms with Gasteiger partial charge in [0.2, 0.25) is 0 Å². The topological polar surface area (TPSA) is 56.3 Å². The lowest BCUT2D eigenvalue weighted by Crippen LogP contribution is -2.15. The molecule has 6 heteroatoms. The van der Waals surface area contributed by atoms with Crippen molar-refractivity contribution < 1.29 is 13.9 Å². The van der Waals surface area contributed by atoms with Crippen LogP contribution in [0.1, 0.15) is 17.2 Å². The molecule has 3 aromatic rings. The average Bonchev–Trinajstić information content (AvgIpc) is 2.67. The third-order valence-corrected chi connectivity index (χ3v) is 3.79. The van der Waals surface area contributed by atoms with Crippen LogP contribution in [0.15, 0.2) is 61.1 Å². The number of hydrogen-bond acceptors (Lipinski definition) is 5. The summed E-state index contributed by atoms with van der Waals surface area (Å²) >= 11 is 0. The molecule has 1 N–H and O–H groups in total. The number of benzene rings is 2. The Morgan fingerprint density at radius 1 is 1.04 bits per heavy atom. The van der Waals surface area contributed by atoms with E-state index in [4.69, 9.17) is 9.47 Å². The molecule has 0 amide bonds. The van der Waals surface area contributed by atoms with E-state index in [9.17, 15) is 4.39 Å². The van der Waals surface area contributed by atoms with E-state index in [1.165, 1.54) is 12.1 Å². The van der Waals surface area contributed by atoms with E-state index in [-0.39, 0.29) is 5.82 Å². The van der Waals surface area contributed by atoms with E-state index < -0.39 is 6.04 Å². The molecule has 1 atom stereocenters. The van der Waals surface area contributed by atoms with Crippen LogP contribution in [0.2, 0.25) is 0 Å². The quantitative estimate of drug-likeness (QED) is 0.739. The van der Waals surface area contributed by atoms with Crippen LogP contribution in [0.4, 0.5) is 10.2 Å². The second kappa shape index (κ2) is 7.61. The Morgan fingerprint density at radius 3 is 2.64 bits per heavy atom. The molecule has 0 aliphatic rings. The van der Waals surface area contributed by atoms with Crippen LogP contribution in [0, 0.1) is 5.82 Å². The van der Waals surface area contributed by atoms with Gasteiger partial charge in [0, 0.05) is 18.0 Å². The molecule has 2 aromatic carbocycles. The smallest absolute Gasteiger partial charge is 0.145 e. The number of ether oxygens (including phenoxy) is 2. The summed E-state index contributed by atoms with van der Waals surface area (Å²) in [7, 11) is 3.16. The molecule has 128 valence electrons. The van der Waals surface area contributed by atoms with E-state index in [0.717, 1.165) is 5.56 Å². The summed E-state index contributed by atoms with van der Waals surface area (Å²) in [6, 6.07) is 11.6. The van der Waals surface area contributed by atoms with Gasteiger partial charge in [-0.15, -0.1) is 0 Å². The van der Waals surface area contributed by atoms with Gasteiger partial charge in [-0.1, -0.05) is 12.1 Å². The van der Waals surface area contributed by atoms with Crippen molar-refractivity contribution in [1.82, 2.24) is 9.97 Å². The zero-order valence-electron chi connectivity index (χ0n) is 13.9. The first kappa shape index (κ1) is 16.7. The van der Waals surface area contributed by atoms with E-state index in [2.05, 4.69) is 15.3 Å². The lowest BCUT2D eigenvalue weighted by molar-refractivity contribution is 0.406. The lowest BCUT2D eigenvalue weighted by Gasteiger charge is -2.22. The highest BCUT2D eigenvalue weighted by molar-refractivity contribution is 5.49.